The molecule has 0 spiro atoms. The van der Waals surface area contributed by atoms with Crippen LogP contribution in [0.1, 0.15) is 59.0 Å². The molecule has 0 aliphatic carbocycles. The minimum Gasteiger partial charge on any atom is -0.507 e. The minimum absolute atomic E-state index is 0.00354. The van der Waals surface area contributed by atoms with Crippen LogP contribution in [0, 0.1) is 0 Å². The number of hydrogen-bond donors (Lipinski definition) is 3. The number of aliphatic hydroxyl groups excluding tert-OH is 1. The van der Waals surface area contributed by atoms with Gasteiger partial charge in [0.1, 0.15) is 24.2 Å². The molecule has 4 N–H and O–H groups in total. The van der Waals surface area contributed by atoms with Gasteiger partial charge in [-0.15, -0.1) is 0 Å². The third-order valence-corrected chi connectivity index (χ3v) is 5.06. The van der Waals surface area contributed by atoms with Crippen molar-refractivity contribution < 1.29 is 19.7 Å². The highest BCUT2D eigenvalue weighted by Crippen LogP contribution is 2.33. The maximum atomic E-state index is 11.7. The number of ketones is 1. The Morgan fingerprint density at radius 1 is 1.00 bits per heavy atom. The van der Waals surface area contributed by atoms with Crippen molar-refractivity contribution >= 4 is 11.5 Å². The van der Waals surface area contributed by atoms with Gasteiger partial charge in [-0.2, -0.15) is 0 Å². The number of carbonyl (C=O) groups excluding carboxylic acids is 1. The summed E-state index contributed by atoms with van der Waals surface area (Å²) in [5, 5.41) is 21.0. The monoisotopic (exact) mass is 405 g/mol. The van der Waals surface area contributed by atoms with Gasteiger partial charge in [-0.05, 0) is 54.3 Å². The summed E-state index contributed by atoms with van der Waals surface area (Å²) in [7, 11) is 0. The number of carbonyl (C=O) groups is 1. The van der Waals surface area contributed by atoms with E-state index in [1.165, 1.54) is 6.92 Å². The van der Waals surface area contributed by atoms with Gasteiger partial charge in [0, 0.05) is 11.3 Å². The van der Waals surface area contributed by atoms with Crippen LogP contribution in [0.2, 0.25) is 0 Å². The number of hydrogen-bond acceptors (Lipinski definition) is 5. The number of benzene rings is 3. The number of nitrogens with two attached hydrogens (primary N) is 1. The Labute approximate surface area is 176 Å². The molecule has 0 fully saturated rings. The van der Waals surface area contributed by atoms with Crippen LogP contribution in [-0.2, 0) is 13.0 Å². The lowest BCUT2D eigenvalue weighted by Crippen LogP contribution is -2.03. The van der Waals surface area contributed by atoms with E-state index in [0.717, 1.165) is 23.1 Å². The quantitative estimate of drug-likeness (QED) is 0.370. The lowest BCUT2D eigenvalue weighted by molar-refractivity contribution is 0.101. The Bertz CT molecular complexity index is 1010. The SMILES string of the molecule is CCCc1c(OCc2ccc(C(O)c3ccc(N)cc3)cc2)ccc(C(C)=O)c1O. The summed E-state index contributed by atoms with van der Waals surface area (Å²) in [5.74, 6) is 0.404. The van der Waals surface area contributed by atoms with Crippen LogP contribution in [0.3, 0.4) is 0 Å². The molecule has 0 aliphatic heterocycles. The Hall–Kier alpha value is -3.31. The third kappa shape index (κ3) is 4.81. The highest BCUT2D eigenvalue weighted by atomic mass is 16.5. The van der Waals surface area contributed by atoms with Crippen molar-refractivity contribution in [3.05, 3.63) is 88.5 Å². The lowest BCUT2D eigenvalue weighted by atomic mass is 10.00. The molecule has 3 aromatic carbocycles. The Kier molecular flexibility index (Phi) is 6.75. The number of aliphatic hydroxyl groups is 1. The van der Waals surface area contributed by atoms with Crippen LogP contribution >= 0.6 is 0 Å². The molecule has 0 bridgehead atoms. The summed E-state index contributed by atoms with van der Waals surface area (Å²) in [6.07, 6.45) is 0.714. The van der Waals surface area contributed by atoms with E-state index >= 15 is 0 Å². The molecule has 0 heterocycles. The topological polar surface area (TPSA) is 92.8 Å². The highest BCUT2D eigenvalue weighted by Gasteiger charge is 2.16. The van der Waals surface area contributed by atoms with E-state index in [-0.39, 0.29) is 11.5 Å². The van der Waals surface area contributed by atoms with E-state index in [1.54, 1.807) is 24.3 Å². The maximum absolute atomic E-state index is 11.7. The first-order chi connectivity index (χ1) is 14.4. The third-order valence-electron chi connectivity index (χ3n) is 5.06. The average Bonchev–Trinajstić information content (AvgIpc) is 2.74. The molecule has 0 saturated carbocycles. The summed E-state index contributed by atoms with van der Waals surface area (Å²) in [6, 6.07) is 18.0. The predicted octanol–water partition coefficient (Wildman–Crippen LogP) is 4.79. The second-order valence-corrected chi connectivity index (χ2v) is 7.34. The zero-order valence-electron chi connectivity index (χ0n) is 17.3. The van der Waals surface area contributed by atoms with Gasteiger partial charge < -0.3 is 20.7 Å². The Balaban J connectivity index is 1.73. The van der Waals surface area contributed by atoms with E-state index in [0.29, 0.717) is 35.6 Å². The maximum Gasteiger partial charge on any atom is 0.163 e. The second kappa shape index (κ2) is 9.46. The fourth-order valence-corrected chi connectivity index (χ4v) is 3.36. The van der Waals surface area contributed by atoms with Crippen molar-refractivity contribution in [2.45, 2.75) is 39.4 Å². The summed E-state index contributed by atoms with van der Waals surface area (Å²) in [6.45, 7) is 3.76. The van der Waals surface area contributed by atoms with E-state index in [9.17, 15) is 15.0 Å². The summed E-state index contributed by atoms with van der Waals surface area (Å²) >= 11 is 0. The largest absolute Gasteiger partial charge is 0.507 e. The molecule has 5 nitrogen and oxygen atoms in total. The average molecular weight is 405 g/mol. The first-order valence-corrected chi connectivity index (χ1v) is 10.0. The van der Waals surface area contributed by atoms with Crippen molar-refractivity contribution in [3.63, 3.8) is 0 Å². The van der Waals surface area contributed by atoms with Gasteiger partial charge in [0.15, 0.2) is 5.78 Å². The van der Waals surface area contributed by atoms with Gasteiger partial charge in [-0.25, -0.2) is 0 Å². The molecule has 3 rings (SSSR count). The van der Waals surface area contributed by atoms with Gasteiger partial charge >= 0.3 is 0 Å². The summed E-state index contributed by atoms with van der Waals surface area (Å²) in [4.78, 5) is 11.7. The molecule has 0 aliphatic rings. The predicted molar refractivity (Wildman–Crippen MR) is 118 cm³/mol. The van der Waals surface area contributed by atoms with E-state index in [1.807, 2.05) is 43.3 Å². The van der Waals surface area contributed by atoms with Crippen molar-refractivity contribution in [3.8, 4) is 11.5 Å². The van der Waals surface area contributed by atoms with Crippen molar-refractivity contribution in [1.29, 1.82) is 0 Å². The Morgan fingerprint density at radius 3 is 2.17 bits per heavy atom. The van der Waals surface area contributed by atoms with Crippen LogP contribution in [0.15, 0.2) is 60.7 Å². The molecule has 0 aromatic heterocycles. The minimum atomic E-state index is -0.729. The molecule has 0 amide bonds. The number of aromatic hydroxyl groups is 1. The number of Topliss-reactive ketones (excluding diaryl/α,β-unsaturated/α-hetero) is 1. The van der Waals surface area contributed by atoms with Gasteiger partial charge in [0.25, 0.3) is 0 Å². The van der Waals surface area contributed by atoms with Crippen LogP contribution in [0.25, 0.3) is 0 Å². The number of ether oxygens (including phenoxy) is 1. The van der Waals surface area contributed by atoms with E-state index in [2.05, 4.69) is 0 Å². The molecule has 3 aromatic rings. The fraction of sp³-hybridized carbons (Fsp3) is 0.240. The molecule has 5 heteroatoms. The first-order valence-electron chi connectivity index (χ1n) is 10.0. The van der Waals surface area contributed by atoms with Gasteiger partial charge in [-0.3, -0.25) is 4.79 Å². The smallest absolute Gasteiger partial charge is 0.163 e. The van der Waals surface area contributed by atoms with Gasteiger partial charge in [-0.1, -0.05) is 49.7 Å². The lowest BCUT2D eigenvalue weighted by Gasteiger charge is -2.15. The van der Waals surface area contributed by atoms with Crippen molar-refractivity contribution in [2.75, 3.05) is 5.73 Å². The van der Waals surface area contributed by atoms with Crippen LogP contribution in [0.5, 0.6) is 11.5 Å². The molecular formula is C25H27NO4. The number of phenols is 1. The van der Waals surface area contributed by atoms with Crippen molar-refractivity contribution in [2.24, 2.45) is 0 Å². The number of phenolic OH excluding ortho intramolecular Hbond substituents is 1. The molecular weight excluding hydrogens is 378 g/mol. The summed E-state index contributed by atoms with van der Waals surface area (Å²) in [5.41, 5.74) is 9.81. The number of rotatable bonds is 8. The number of anilines is 1. The van der Waals surface area contributed by atoms with Crippen LogP contribution in [-0.4, -0.2) is 16.0 Å². The normalized spacial score (nSPS) is 11.8. The molecule has 1 unspecified atom stereocenters. The molecule has 0 radical (unpaired) electrons. The first kappa shape index (κ1) is 21.4. The van der Waals surface area contributed by atoms with Crippen LogP contribution in [0.4, 0.5) is 5.69 Å². The second-order valence-electron chi connectivity index (χ2n) is 7.34. The molecule has 1 atom stereocenters. The van der Waals surface area contributed by atoms with E-state index in [4.69, 9.17) is 10.5 Å². The van der Waals surface area contributed by atoms with E-state index < -0.39 is 6.10 Å². The van der Waals surface area contributed by atoms with Crippen LogP contribution < -0.4 is 10.5 Å². The number of nitrogen functional groups attached to an aromatic ring is 1. The zero-order chi connectivity index (χ0) is 21.7. The zero-order valence-corrected chi connectivity index (χ0v) is 17.3. The fourth-order valence-electron chi connectivity index (χ4n) is 3.36. The van der Waals surface area contributed by atoms with Crippen molar-refractivity contribution in [1.82, 2.24) is 0 Å². The standard InChI is InChI=1S/C25H27NO4/c1-3-4-22-23(14-13-21(16(2)27)25(22)29)30-15-17-5-7-18(8-6-17)24(28)19-9-11-20(26)12-10-19/h5-14,24,28-29H,3-4,15,26H2,1-2H3. The molecule has 30 heavy (non-hydrogen) atoms. The summed E-state index contributed by atoms with van der Waals surface area (Å²) < 4.78 is 5.94. The van der Waals surface area contributed by atoms with Gasteiger partial charge in [0.2, 0.25) is 0 Å². The highest BCUT2D eigenvalue weighted by molar-refractivity contribution is 5.97. The molecule has 0 saturated heterocycles. The molecule has 156 valence electrons. The van der Waals surface area contributed by atoms with Gasteiger partial charge in [0.05, 0.1) is 5.56 Å². The Morgan fingerprint density at radius 2 is 1.60 bits per heavy atom.